The van der Waals surface area contributed by atoms with Gasteiger partial charge < -0.3 is 5.32 Å². The summed E-state index contributed by atoms with van der Waals surface area (Å²) in [5.41, 5.74) is 0. The molecular weight excluding hydrogens is 321 g/mol. The van der Waals surface area contributed by atoms with Crippen LogP contribution in [0.3, 0.4) is 0 Å². The summed E-state index contributed by atoms with van der Waals surface area (Å²) < 4.78 is 62.4. The maximum atomic E-state index is 12.5. The molecule has 5 nitrogen and oxygen atoms in total. The average molecular weight is 336 g/mol. The maximum Gasteiger partial charge on any atom is 0.405 e. The molecule has 9 heteroatoms. The molecule has 1 heterocycles. The van der Waals surface area contributed by atoms with Gasteiger partial charge >= 0.3 is 6.18 Å². The summed E-state index contributed by atoms with van der Waals surface area (Å²) in [6.45, 7) is -1.36. The van der Waals surface area contributed by atoms with Crippen molar-refractivity contribution < 1.29 is 26.4 Å². The number of carbonyl (C=O) groups is 1. The molecule has 22 heavy (non-hydrogen) atoms. The van der Waals surface area contributed by atoms with E-state index in [4.69, 9.17) is 0 Å². The van der Waals surface area contributed by atoms with E-state index in [2.05, 4.69) is 0 Å². The van der Waals surface area contributed by atoms with Gasteiger partial charge in [-0.15, -0.1) is 0 Å². The summed E-state index contributed by atoms with van der Waals surface area (Å²) in [6.07, 6.45) is -3.90. The summed E-state index contributed by atoms with van der Waals surface area (Å²) in [5.74, 6) is -0.922. The molecule has 1 unspecified atom stereocenters. The molecule has 2 rings (SSSR count). The molecular formula is C13H15F3N2O3S. The topological polar surface area (TPSA) is 66.5 Å². The SMILES string of the molecule is O=C(NCC(F)(F)F)C1CCCN1S(=O)(=O)c1ccccc1. The van der Waals surface area contributed by atoms with Crippen LogP contribution in [0.2, 0.25) is 0 Å². The molecule has 1 N–H and O–H groups in total. The van der Waals surface area contributed by atoms with Crippen molar-refractivity contribution in [3.8, 4) is 0 Å². The van der Waals surface area contributed by atoms with Crippen LogP contribution in [0.5, 0.6) is 0 Å². The summed E-state index contributed by atoms with van der Waals surface area (Å²) in [6, 6.07) is 6.41. The number of sulfonamides is 1. The zero-order valence-corrected chi connectivity index (χ0v) is 12.3. The standard InChI is InChI=1S/C13H15F3N2O3S/c14-13(15,16)9-17-12(19)11-7-4-8-18(11)22(20,21)10-5-2-1-3-6-10/h1-3,5-6,11H,4,7-9H2,(H,17,19). The van der Waals surface area contributed by atoms with Gasteiger partial charge in [-0.3, -0.25) is 4.79 Å². The molecule has 0 aromatic heterocycles. The van der Waals surface area contributed by atoms with Gasteiger partial charge in [0.2, 0.25) is 15.9 Å². The van der Waals surface area contributed by atoms with Crippen LogP contribution >= 0.6 is 0 Å². The number of hydrogen-bond donors (Lipinski definition) is 1. The van der Waals surface area contributed by atoms with Crippen LogP contribution < -0.4 is 5.32 Å². The van der Waals surface area contributed by atoms with Crippen LogP contribution in [0.25, 0.3) is 0 Å². The van der Waals surface area contributed by atoms with Crippen LogP contribution in [0.4, 0.5) is 13.2 Å². The lowest BCUT2D eigenvalue weighted by atomic mass is 10.2. The average Bonchev–Trinajstić information content (AvgIpc) is 2.95. The Bertz CT molecular complexity index is 632. The number of nitrogens with one attached hydrogen (secondary N) is 1. The first-order valence-electron chi connectivity index (χ1n) is 6.63. The molecule has 122 valence electrons. The van der Waals surface area contributed by atoms with E-state index < -0.39 is 34.7 Å². The van der Waals surface area contributed by atoms with Gasteiger partial charge in [-0.05, 0) is 25.0 Å². The highest BCUT2D eigenvalue weighted by Gasteiger charge is 2.40. The Morgan fingerprint density at radius 1 is 1.27 bits per heavy atom. The van der Waals surface area contributed by atoms with Gasteiger partial charge in [-0.25, -0.2) is 8.42 Å². The summed E-state index contributed by atoms with van der Waals surface area (Å²) >= 11 is 0. The van der Waals surface area contributed by atoms with E-state index in [1.165, 1.54) is 12.1 Å². The molecule has 1 amide bonds. The zero-order chi connectivity index (χ0) is 16.4. The number of alkyl halides is 3. The normalized spacial score (nSPS) is 20.0. The number of carbonyl (C=O) groups excluding carboxylic acids is 1. The van der Waals surface area contributed by atoms with Crippen LogP contribution in [0, 0.1) is 0 Å². The van der Waals surface area contributed by atoms with Crippen LogP contribution in [-0.4, -0.2) is 43.9 Å². The lowest BCUT2D eigenvalue weighted by molar-refractivity contribution is -0.140. The van der Waals surface area contributed by atoms with Crippen molar-refractivity contribution in [3.63, 3.8) is 0 Å². The molecule has 0 saturated carbocycles. The van der Waals surface area contributed by atoms with Crippen LogP contribution in [0.1, 0.15) is 12.8 Å². The van der Waals surface area contributed by atoms with Gasteiger partial charge in [0.25, 0.3) is 0 Å². The van der Waals surface area contributed by atoms with E-state index in [1.807, 2.05) is 0 Å². The second-order valence-electron chi connectivity index (χ2n) is 4.92. The predicted octanol–water partition coefficient (Wildman–Crippen LogP) is 1.52. The first-order chi connectivity index (χ1) is 10.2. The highest BCUT2D eigenvalue weighted by atomic mass is 32.2. The summed E-state index contributed by atoms with van der Waals surface area (Å²) in [5, 5.41) is 1.75. The van der Waals surface area contributed by atoms with Gasteiger partial charge in [-0.1, -0.05) is 18.2 Å². The Morgan fingerprint density at radius 3 is 2.50 bits per heavy atom. The molecule has 1 fully saturated rings. The number of rotatable bonds is 4. The maximum absolute atomic E-state index is 12.5. The molecule has 1 saturated heterocycles. The van der Waals surface area contributed by atoms with Crippen molar-refractivity contribution in [3.05, 3.63) is 30.3 Å². The highest BCUT2D eigenvalue weighted by molar-refractivity contribution is 7.89. The quantitative estimate of drug-likeness (QED) is 0.906. The smallest absolute Gasteiger partial charge is 0.346 e. The third-order valence-corrected chi connectivity index (χ3v) is 5.24. The van der Waals surface area contributed by atoms with Gasteiger partial charge in [0.1, 0.15) is 12.6 Å². The van der Waals surface area contributed by atoms with E-state index in [9.17, 15) is 26.4 Å². The molecule has 1 atom stereocenters. The fourth-order valence-electron chi connectivity index (χ4n) is 2.32. The van der Waals surface area contributed by atoms with E-state index >= 15 is 0 Å². The van der Waals surface area contributed by atoms with E-state index in [-0.39, 0.29) is 17.9 Å². The monoisotopic (exact) mass is 336 g/mol. The summed E-state index contributed by atoms with van der Waals surface area (Å²) in [7, 11) is -3.90. The highest BCUT2D eigenvalue weighted by Crippen LogP contribution is 2.26. The van der Waals surface area contributed by atoms with Crippen LogP contribution in [0.15, 0.2) is 35.2 Å². The molecule has 1 aliphatic heterocycles. The van der Waals surface area contributed by atoms with Crippen LogP contribution in [-0.2, 0) is 14.8 Å². The van der Waals surface area contributed by atoms with Gasteiger partial charge in [0, 0.05) is 6.54 Å². The Kier molecular flexibility index (Phi) is 4.76. The first kappa shape index (κ1) is 16.8. The van der Waals surface area contributed by atoms with Crippen molar-refractivity contribution in [2.75, 3.05) is 13.1 Å². The zero-order valence-electron chi connectivity index (χ0n) is 11.5. The fraction of sp³-hybridized carbons (Fsp3) is 0.462. The fourth-order valence-corrected chi connectivity index (χ4v) is 4.00. The van der Waals surface area contributed by atoms with Gasteiger partial charge in [-0.2, -0.15) is 17.5 Å². The van der Waals surface area contributed by atoms with Crippen molar-refractivity contribution in [2.45, 2.75) is 30.0 Å². The molecule has 0 spiro atoms. The Morgan fingerprint density at radius 2 is 1.91 bits per heavy atom. The number of nitrogens with zero attached hydrogens (tertiary/aromatic N) is 1. The first-order valence-corrected chi connectivity index (χ1v) is 8.07. The number of hydrogen-bond acceptors (Lipinski definition) is 3. The second-order valence-corrected chi connectivity index (χ2v) is 6.81. The van der Waals surface area contributed by atoms with E-state index in [0.29, 0.717) is 6.42 Å². The van der Waals surface area contributed by atoms with Crippen molar-refractivity contribution >= 4 is 15.9 Å². The minimum absolute atomic E-state index is 0.0190. The van der Waals surface area contributed by atoms with Crippen molar-refractivity contribution in [1.82, 2.24) is 9.62 Å². The third kappa shape index (κ3) is 3.77. The second kappa shape index (κ2) is 6.25. The molecule has 1 aliphatic rings. The molecule has 1 aromatic carbocycles. The molecule has 1 aromatic rings. The largest absolute Gasteiger partial charge is 0.405 e. The lowest BCUT2D eigenvalue weighted by Crippen LogP contribution is -2.47. The minimum Gasteiger partial charge on any atom is -0.346 e. The Labute approximate surface area is 126 Å². The molecule has 0 radical (unpaired) electrons. The number of benzene rings is 1. The summed E-state index contributed by atoms with van der Waals surface area (Å²) in [4.78, 5) is 11.9. The number of halogens is 3. The molecule has 0 bridgehead atoms. The minimum atomic E-state index is -4.53. The van der Waals surface area contributed by atoms with E-state index in [0.717, 1.165) is 4.31 Å². The van der Waals surface area contributed by atoms with Gasteiger partial charge in [0.05, 0.1) is 4.90 Å². The third-order valence-electron chi connectivity index (χ3n) is 3.32. The van der Waals surface area contributed by atoms with Gasteiger partial charge in [0.15, 0.2) is 0 Å². The van der Waals surface area contributed by atoms with E-state index in [1.54, 1.807) is 23.5 Å². The Balaban J connectivity index is 2.15. The lowest BCUT2D eigenvalue weighted by Gasteiger charge is -2.23. The molecule has 0 aliphatic carbocycles. The Hall–Kier alpha value is -1.61. The van der Waals surface area contributed by atoms with Crippen molar-refractivity contribution in [1.29, 1.82) is 0 Å². The predicted molar refractivity (Wildman–Crippen MR) is 72.4 cm³/mol. The van der Waals surface area contributed by atoms with Crippen molar-refractivity contribution in [2.24, 2.45) is 0 Å². The number of amides is 1.